The summed E-state index contributed by atoms with van der Waals surface area (Å²) in [5, 5.41) is 11.8. The summed E-state index contributed by atoms with van der Waals surface area (Å²) in [5.74, 6) is -2.59. The zero-order chi connectivity index (χ0) is 31.2. The Morgan fingerprint density at radius 2 is 1.93 bits per heavy atom. The van der Waals surface area contributed by atoms with E-state index in [9.17, 15) is 27.6 Å². The number of rotatable bonds is 6. The lowest BCUT2D eigenvalue weighted by Crippen LogP contribution is -2.66. The minimum atomic E-state index is -4.64. The highest BCUT2D eigenvalue weighted by Crippen LogP contribution is 2.36. The monoisotopic (exact) mass is 632 g/mol. The number of alkyl halides is 3. The summed E-state index contributed by atoms with van der Waals surface area (Å²) >= 11 is 6.52. The van der Waals surface area contributed by atoms with Gasteiger partial charge >= 0.3 is 18.1 Å². The molecular weight excluding hydrogens is 609 g/mol. The number of fused-ring (bicyclic) bond motifs is 1. The van der Waals surface area contributed by atoms with Crippen molar-refractivity contribution in [2.75, 3.05) is 38.0 Å². The van der Waals surface area contributed by atoms with Crippen LogP contribution in [0.15, 0.2) is 43.0 Å². The highest BCUT2D eigenvalue weighted by atomic mass is 35.5. The van der Waals surface area contributed by atoms with Crippen molar-refractivity contribution < 1.29 is 32.3 Å². The molecule has 0 saturated carbocycles. The van der Waals surface area contributed by atoms with E-state index in [1.165, 1.54) is 40.0 Å². The van der Waals surface area contributed by atoms with Crippen molar-refractivity contribution in [3.8, 4) is 11.3 Å². The Balaban J connectivity index is 1.20. The number of amides is 2. The topological polar surface area (TPSA) is 176 Å². The van der Waals surface area contributed by atoms with Crippen LogP contribution in [0.25, 0.3) is 16.9 Å². The zero-order valence-corrected chi connectivity index (χ0v) is 23.4. The number of imidazole rings is 1. The van der Waals surface area contributed by atoms with Gasteiger partial charge < -0.3 is 26.0 Å². The average molecular weight is 633 g/mol. The van der Waals surface area contributed by atoms with Gasteiger partial charge in [-0.15, -0.1) is 0 Å². The quantitative estimate of drug-likeness (QED) is 0.180. The minimum absolute atomic E-state index is 0.00549. The maximum Gasteiger partial charge on any atom is 0.433 e. The fourth-order valence-corrected chi connectivity index (χ4v) is 5.40. The van der Waals surface area contributed by atoms with Crippen LogP contribution in [0.5, 0.6) is 0 Å². The Hall–Kier alpha value is -4.74. The number of aromatic amines is 1. The van der Waals surface area contributed by atoms with Crippen molar-refractivity contribution in [1.29, 1.82) is 0 Å². The molecule has 4 aromatic rings. The van der Waals surface area contributed by atoms with Gasteiger partial charge in [0.1, 0.15) is 5.69 Å². The summed E-state index contributed by atoms with van der Waals surface area (Å²) in [7, 11) is 0. The van der Waals surface area contributed by atoms with Gasteiger partial charge in [0.15, 0.2) is 17.7 Å². The van der Waals surface area contributed by atoms with E-state index in [0.29, 0.717) is 31.9 Å². The number of carbonyl (C=O) groups excluding carboxylic acids is 3. The highest BCUT2D eigenvalue weighted by molar-refractivity contribution is 6.34. The number of primary amides is 1. The molecule has 2 aliphatic heterocycles. The number of piperazine rings is 1. The normalized spacial score (nSPS) is 17.8. The smallest absolute Gasteiger partial charge is 0.433 e. The first-order valence-electron chi connectivity index (χ1n) is 13.3. The summed E-state index contributed by atoms with van der Waals surface area (Å²) in [6, 6.07) is 4.69. The highest BCUT2D eigenvalue weighted by Gasteiger charge is 2.39. The van der Waals surface area contributed by atoms with Crippen molar-refractivity contribution >= 4 is 46.5 Å². The summed E-state index contributed by atoms with van der Waals surface area (Å²) in [6.07, 6.45) is -0.277. The van der Waals surface area contributed by atoms with E-state index >= 15 is 0 Å². The molecule has 5 N–H and O–H groups in total. The number of hydrogen-bond donors (Lipinski definition) is 4. The molecule has 0 spiro atoms. The molecule has 44 heavy (non-hydrogen) atoms. The van der Waals surface area contributed by atoms with E-state index in [1.807, 2.05) is 10.00 Å². The van der Waals surface area contributed by atoms with Crippen molar-refractivity contribution in [2.24, 2.45) is 5.73 Å². The molecule has 0 bridgehead atoms. The number of nitrogens with two attached hydrogens (primary N) is 1. The van der Waals surface area contributed by atoms with E-state index in [1.54, 1.807) is 6.07 Å². The predicted molar refractivity (Wildman–Crippen MR) is 149 cm³/mol. The number of H-pyrrole nitrogens is 1. The minimum Gasteiger partial charge on any atom is -0.437 e. The van der Waals surface area contributed by atoms with Crippen LogP contribution in [0.2, 0.25) is 5.02 Å². The molecular formula is C26H24ClF3N10O4. The number of hydrogen-bond acceptors (Lipinski definition) is 10. The molecule has 1 aromatic carbocycles. The molecule has 18 heteroatoms. The van der Waals surface area contributed by atoms with Gasteiger partial charge in [-0.25, -0.2) is 14.8 Å². The van der Waals surface area contributed by atoms with Gasteiger partial charge in [0.05, 0.1) is 40.8 Å². The third-order valence-corrected chi connectivity index (χ3v) is 7.74. The maximum absolute atomic E-state index is 13.4. The number of esters is 1. The second-order valence-electron chi connectivity index (χ2n) is 10.1. The fraction of sp³-hybridized carbons (Fsp3) is 0.308. The second-order valence-corrected chi connectivity index (χ2v) is 10.5. The number of aromatic nitrogens is 5. The molecule has 2 aliphatic rings. The van der Waals surface area contributed by atoms with E-state index in [-0.39, 0.29) is 45.9 Å². The molecule has 2 fully saturated rings. The van der Waals surface area contributed by atoms with E-state index in [0.717, 1.165) is 6.20 Å². The van der Waals surface area contributed by atoms with E-state index in [4.69, 9.17) is 22.1 Å². The van der Waals surface area contributed by atoms with Crippen LogP contribution in [0.1, 0.15) is 16.1 Å². The Morgan fingerprint density at radius 3 is 2.61 bits per heavy atom. The Morgan fingerprint density at radius 1 is 1.14 bits per heavy atom. The maximum atomic E-state index is 13.4. The van der Waals surface area contributed by atoms with Gasteiger partial charge in [0, 0.05) is 50.3 Å². The van der Waals surface area contributed by atoms with E-state index in [2.05, 4.69) is 25.7 Å². The molecule has 230 valence electrons. The Bertz CT molecular complexity index is 1760. The van der Waals surface area contributed by atoms with Gasteiger partial charge in [-0.3, -0.25) is 24.0 Å². The predicted octanol–water partition coefficient (Wildman–Crippen LogP) is 1.62. The van der Waals surface area contributed by atoms with Crippen LogP contribution >= 0.6 is 11.6 Å². The second kappa shape index (κ2) is 11.4. The number of ether oxygens (including phenoxy) is 1. The van der Waals surface area contributed by atoms with Crippen molar-refractivity contribution in [2.45, 2.75) is 18.4 Å². The number of halogens is 4. The first-order chi connectivity index (χ1) is 21.0. The lowest BCUT2D eigenvalue weighted by Gasteiger charge is -2.47. The lowest BCUT2D eigenvalue weighted by molar-refractivity contribution is -0.173. The van der Waals surface area contributed by atoms with Crippen LogP contribution in [-0.2, 0) is 20.5 Å². The molecule has 3 aromatic heterocycles. The van der Waals surface area contributed by atoms with Crippen molar-refractivity contribution in [1.82, 2.24) is 39.7 Å². The fourth-order valence-electron chi connectivity index (χ4n) is 5.14. The standard InChI is InChI=1S/C26H24ClF3N10O4/c27-17-7-13(36-22-23-34-11-18(40(23)4-3-33-22)16-10-35-37-20(16)26(28,29)30)1-2-15(17)24(42)38-5-6-39(14-8-32-9-14)19(12-38)44-25(43)21(31)41/h1-4,7,10-11,14,19,32H,5-6,8-9,12H2,(H2,31,41)(H,33,36)(H,35,37). The van der Waals surface area contributed by atoms with E-state index < -0.39 is 35.9 Å². The van der Waals surface area contributed by atoms with Gasteiger partial charge in [-0.05, 0) is 18.2 Å². The molecule has 5 heterocycles. The SMILES string of the molecule is NC(=O)C(=O)OC1CN(C(=O)c2ccc(Nc3nccn4c(-c5cn[nH]c5C(F)(F)F)cnc34)cc2Cl)CCN1C1CNC1. The molecule has 0 aliphatic carbocycles. The van der Waals surface area contributed by atoms with Crippen LogP contribution in [0, 0.1) is 0 Å². The summed E-state index contributed by atoms with van der Waals surface area (Å²) in [4.78, 5) is 48.6. The third kappa shape index (κ3) is 5.51. The Labute approximate surface area is 251 Å². The lowest BCUT2D eigenvalue weighted by atomic mass is 10.1. The molecule has 14 nitrogen and oxygen atoms in total. The molecule has 6 rings (SSSR count). The largest absolute Gasteiger partial charge is 0.437 e. The van der Waals surface area contributed by atoms with Crippen LogP contribution in [0.3, 0.4) is 0 Å². The number of carbonyl (C=O) groups is 3. The first kappa shape index (κ1) is 29.3. The molecule has 2 saturated heterocycles. The molecule has 1 atom stereocenters. The number of benzene rings is 1. The van der Waals surface area contributed by atoms with Crippen molar-refractivity contribution in [3.05, 3.63) is 59.3 Å². The van der Waals surface area contributed by atoms with Gasteiger partial charge in [-0.2, -0.15) is 18.3 Å². The number of nitrogens with zero attached hydrogens (tertiary/aromatic N) is 6. The summed E-state index contributed by atoms with van der Waals surface area (Å²) in [6.45, 7) is 2.10. The van der Waals surface area contributed by atoms with Crippen LogP contribution in [0.4, 0.5) is 24.7 Å². The summed E-state index contributed by atoms with van der Waals surface area (Å²) < 4.78 is 47.1. The van der Waals surface area contributed by atoms with Crippen LogP contribution in [-0.4, -0.2) is 97.1 Å². The zero-order valence-electron chi connectivity index (χ0n) is 22.6. The molecule has 0 radical (unpaired) electrons. The molecule has 1 unspecified atom stereocenters. The first-order valence-corrected chi connectivity index (χ1v) is 13.6. The third-order valence-electron chi connectivity index (χ3n) is 7.42. The van der Waals surface area contributed by atoms with Gasteiger partial charge in [0.2, 0.25) is 0 Å². The average Bonchev–Trinajstić information content (AvgIpc) is 3.60. The van der Waals surface area contributed by atoms with Gasteiger partial charge in [0.25, 0.3) is 5.91 Å². The summed E-state index contributed by atoms with van der Waals surface area (Å²) in [5.41, 5.74) is 4.90. The number of nitrogens with one attached hydrogen (secondary N) is 3. The van der Waals surface area contributed by atoms with Crippen LogP contribution < -0.4 is 16.4 Å². The Kier molecular flexibility index (Phi) is 7.60. The van der Waals surface area contributed by atoms with Gasteiger partial charge in [-0.1, -0.05) is 11.6 Å². The molecule has 2 amide bonds. The number of anilines is 2. The van der Waals surface area contributed by atoms with Crippen molar-refractivity contribution in [3.63, 3.8) is 0 Å².